The molecular weight excluding hydrogens is 172 g/mol. The van der Waals surface area contributed by atoms with Crippen molar-refractivity contribution in [3.8, 4) is 0 Å². The molecule has 2 aromatic rings. The van der Waals surface area contributed by atoms with Crippen molar-refractivity contribution in [2.75, 3.05) is 0 Å². The van der Waals surface area contributed by atoms with Gasteiger partial charge in [0.1, 0.15) is 0 Å². The quantitative estimate of drug-likeness (QED) is 0.649. The minimum absolute atomic E-state index is 0.360. The molecule has 3 rings (SSSR count). The predicted molar refractivity (Wildman–Crippen MR) is 58.3 cm³/mol. The number of nitrogens with two attached hydrogens (primary N) is 1. The SMILES string of the molecule is N[C@H]1CCc2cc3[nH]ccc3cc2C1. The Kier molecular flexibility index (Phi) is 1.64. The summed E-state index contributed by atoms with van der Waals surface area (Å²) in [6.07, 6.45) is 5.29. The Hall–Kier alpha value is -1.28. The Morgan fingerprint density at radius 1 is 1.29 bits per heavy atom. The van der Waals surface area contributed by atoms with Crippen LogP contribution in [0.1, 0.15) is 17.5 Å². The van der Waals surface area contributed by atoms with Gasteiger partial charge in [0.25, 0.3) is 0 Å². The van der Waals surface area contributed by atoms with Gasteiger partial charge in [-0.1, -0.05) is 0 Å². The van der Waals surface area contributed by atoms with Gasteiger partial charge in [0.05, 0.1) is 0 Å². The van der Waals surface area contributed by atoms with Gasteiger partial charge in [-0.2, -0.15) is 0 Å². The van der Waals surface area contributed by atoms with E-state index < -0.39 is 0 Å². The summed E-state index contributed by atoms with van der Waals surface area (Å²) in [5.74, 6) is 0. The molecule has 0 unspecified atom stereocenters. The molecule has 0 spiro atoms. The predicted octanol–water partition coefficient (Wildman–Crippen LogP) is 1.98. The fraction of sp³-hybridized carbons (Fsp3) is 0.333. The van der Waals surface area contributed by atoms with Gasteiger partial charge >= 0.3 is 0 Å². The van der Waals surface area contributed by atoms with E-state index in [4.69, 9.17) is 5.73 Å². The average Bonchev–Trinajstić information content (AvgIpc) is 2.61. The number of aromatic nitrogens is 1. The van der Waals surface area contributed by atoms with Gasteiger partial charge in [0.15, 0.2) is 0 Å². The van der Waals surface area contributed by atoms with Gasteiger partial charge in [0.2, 0.25) is 0 Å². The summed E-state index contributed by atoms with van der Waals surface area (Å²) in [6.45, 7) is 0. The van der Waals surface area contributed by atoms with Crippen molar-refractivity contribution in [1.29, 1.82) is 0 Å². The summed E-state index contributed by atoms with van der Waals surface area (Å²) in [4.78, 5) is 3.25. The average molecular weight is 186 g/mol. The molecule has 1 aromatic heterocycles. The molecule has 14 heavy (non-hydrogen) atoms. The van der Waals surface area contributed by atoms with Gasteiger partial charge in [-0.05, 0) is 54.0 Å². The summed E-state index contributed by atoms with van der Waals surface area (Å²) in [5, 5.41) is 1.30. The molecule has 0 amide bonds. The van der Waals surface area contributed by atoms with Crippen LogP contribution < -0.4 is 5.73 Å². The molecule has 1 aromatic carbocycles. The van der Waals surface area contributed by atoms with Crippen LogP contribution in [-0.2, 0) is 12.8 Å². The van der Waals surface area contributed by atoms with Crippen molar-refractivity contribution in [2.45, 2.75) is 25.3 Å². The Morgan fingerprint density at radius 3 is 3.14 bits per heavy atom. The number of benzene rings is 1. The first-order valence-corrected chi connectivity index (χ1v) is 5.17. The van der Waals surface area contributed by atoms with Crippen LogP contribution in [0, 0.1) is 0 Å². The van der Waals surface area contributed by atoms with E-state index in [1.165, 1.54) is 22.0 Å². The fourth-order valence-electron chi connectivity index (χ4n) is 2.34. The maximum absolute atomic E-state index is 5.96. The Labute approximate surface area is 83.1 Å². The highest BCUT2D eigenvalue weighted by Crippen LogP contribution is 2.25. The number of hydrogen-bond acceptors (Lipinski definition) is 1. The Balaban J connectivity index is 2.19. The molecule has 0 saturated heterocycles. The fourth-order valence-corrected chi connectivity index (χ4v) is 2.34. The smallest absolute Gasteiger partial charge is 0.0456 e. The first kappa shape index (κ1) is 8.06. The summed E-state index contributed by atoms with van der Waals surface area (Å²) >= 11 is 0. The van der Waals surface area contributed by atoms with Gasteiger partial charge < -0.3 is 10.7 Å². The van der Waals surface area contributed by atoms with Crippen LogP contribution in [0.25, 0.3) is 10.9 Å². The van der Waals surface area contributed by atoms with E-state index in [1.807, 2.05) is 6.20 Å². The molecule has 72 valence electrons. The monoisotopic (exact) mass is 186 g/mol. The molecule has 1 aliphatic carbocycles. The Bertz CT molecular complexity index is 470. The zero-order valence-corrected chi connectivity index (χ0v) is 8.09. The minimum Gasteiger partial charge on any atom is -0.361 e. The summed E-state index contributed by atoms with van der Waals surface area (Å²) in [7, 11) is 0. The third-order valence-corrected chi connectivity index (χ3v) is 3.14. The second-order valence-corrected chi connectivity index (χ2v) is 4.19. The van der Waals surface area contributed by atoms with Crippen LogP contribution >= 0.6 is 0 Å². The molecule has 2 heteroatoms. The standard InChI is InChI=1S/C12H14N2/c13-11-2-1-8-7-12-9(3-4-14-12)5-10(8)6-11/h3-5,7,11,14H,1-2,6,13H2/t11-/m0/s1. The molecule has 0 radical (unpaired) electrons. The van der Waals surface area contributed by atoms with Crippen molar-refractivity contribution >= 4 is 10.9 Å². The maximum Gasteiger partial charge on any atom is 0.0456 e. The van der Waals surface area contributed by atoms with Gasteiger partial charge in [-0.3, -0.25) is 0 Å². The van der Waals surface area contributed by atoms with Crippen LogP contribution in [0.15, 0.2) is 24.4 Å². The highest BCUT2D eigenvalue weighted by molar-refractivity contribution is 5.81. The minimum atomic E-state index is 0.360. The number of aromatic amines is 1. The van der Waals surface area contributed by atoms with E-state index >= 15 is 0 Å². The lowest BCUT2D eigenvalue weighted by atomic mass is 9.88. The zero-order valence-electron chi connectivity index (χ0n) is 8.09. The maximum atomic E-state index is 5.96. The van der Waals surface area contributed by atoms with Crippen molar-refractivity contribution in [3.05, 3.63) is 35.5 Å². The molecule has 1 aliphatic rings. The molecular formula is C12H14N2. The van der Waals surface area contributed by atoms with Crippen LogP contribution in [0.5, 0.6) is 0 Å². The molecule has 0 aliphatic heterocycles. The van der Waals surface area contributed by atoms with E-state index in [1.54, 1.807) is 0 Å². The van der Waals surface area contributed by atoms with Crippen LogP contribution in [-0.4, -0.2) is 11.0 Å². The van der Waals surface area contributed by atoms with Crippen LogP contribution in [0.4, 0.5) is 0 Å². The molecule has 1 heterocycles. The number of fused-ring (bicyclic) bond motifs is 2. The number of H-pyrrole nitrogens is 1. The highest BCUT2D eigenvalue weighted by Gasteiger charge is 2.15. The Morgan fingerprint density at radius 2 is 2.21 bits per heavy atom. The normalized spacial score (nSPS) is 21.1. The molecule has 0 saturated carbocycles. The topological polar surface area (TPSA) is 41.8 Å². The number of aryl methyl sites for hydroxylation is 1. The summed E-state index contributed by atoms with van der Waals surface area (Å²) < 4.78 is 0. The summed E-state index contributed by atoms with van der Waals surface area (Å²) in [6, 6.07) is 7.03. The first-order valence-electron chi connectivity index (χ1n) is 5.17. The second-order valence-electron chi connectivity index (χ2n) is 4.19. The third-order valence-electron chi connectivity index (χ3n) is 3.14. The van der Waals surface area contributed by atoms with Gasteiger partial charge in [-0.15, -0.1) is 0 Å². The molecule has 2 nitrogen and oxygen atoms in total. The van der Waals surface area contributed by atoms with E-state index in [-0.39, 0.29) is 0 Å². The van der Waals surface area contributed by atoms with Crippen molar-refractivity contribution in [2.24, 2.45) is 5.73 Å². The van der Waals surface area contributed by atoms with E-state index in [2.05, 4.69) is 23.2 Å². The highest BCUT2D eigenvalue weighted by atomic mass is 14.7. The first-order chi connectivity index (χ1) is 6.83. The van der Waals surface area contributed by atoms with Crippen molar-refractivity contribution < 1.29 is 0 Å². The lowest BCUT2D eigenvalue weighted by Gasteiger charge is -2.21. The van der Waals surface area contributed by atoms with Crippen molar-refractivity contribution in [1.82, 2.24) is 4.98 Å². The number of hydrogen-bond donors (Lipinski definition) is 2. The molecule has 0 fully saturated rings. The van der Waals surface area contributed by atoms with Crippen molar-refractivity contribution in [3.63, 3.8) is 0 Å². The largest absolute Gasteiger partial charge is 0.361 e. The summed E-state index contributed by atoms with van der Waals surface area (Å²) in [5.41, 5.74) is 10.1. The van der Waals surface area contributed by atoms with Gasteiger partial charge in [0, 0.05) is 17.8 Å². The number of nitrogens with one attached hydrogen (secondary N) is 1. The molecule has 1 atom stereocenters. The van der Waals surface area contributed by atoms with E-state index in [0.29, 0.717) is 6.04 Å². The molecule has 3 N–H and O–H groups in total. The lowest BCUT2D eigenvalue weighted by Crippen LogP contribution is -2.27. The zero-order chi connectivity index (χ0) is 9.54. The lowest BCUT2D eigenvalue weighted by molar-refractivity contribution is 0.577. The third kappa shape index (κ3) is 1.15. The number of rotatable bonds is 0. The van der Waals surface area contributed by atoms with Gasteiger partial charge in [-0.25, -0.2) is 0 Å². The molecule has 0 bridgehead atoms. The van der Waals surface area contributed by atoms with Crippen LogP contribution in [0.3, 0.4) is 0 Å². The van der Waals surface area contributed by atoms with E-state index in [9.17, 15) is 0 Å². The second kappa shape index (κ2) is 2.85. The van der Waals surface area contributed by atoms with E-state index in [0.717, 1.165) is 19.3 Å². The van der Waals surface area contributed by atoms with Crippen LogP contribution in [0.2, 0.25) is 0 Å².